The van der Waals surface area contributed by atoms with E-state index in [1.165, 1.54) is 0 Å². The van der Waals surface area contributed by atoms with Crippen LogP contribution in [0.15, 0.2) is 54.9 Å². The summed E-state index contributed by atoms with van der Waals surface area (Å²) in [7, 11) is 0. The highest BCUT2D eigenvalue weighted by Gasteiger charge is 2.25. The quantitative estimate of drug-likeness (QED) is 0.769. The number of anilines is 1. The Morgan fingerprint density at radius 1 is 1.24 bits per heavy atom. The van der Waals surface area contributed by atoms with Gasteiger partial charge in [-0.05, 0) is 30.2 Å². The van der Waals surface area contributed by atoms with Crippen LogP contribution >= 0.6 is 0 Å². The maximum absolute atomic E-state index is 12.3. The Labute approximate surface area is 144 Å². The topological polar surface area (TPSA) is 75.5 Å². The molecular weight excluding hydrogens is 316 g/mol. The molecule has 4 rings (SSSR count). The summed E-state index contributed by atoms with van der Waals surface area (Å²) in [6.07, 6.45) is 5.03. The molecule has 2 aromatic heterocycles. The maximum atomic E-state index is 12.3. The Hall–Kier alpha value is -3.15. The highest BCUT2D eigenvalue weighted by molar-refractivity contribution is 5.95. The van der Waals surface area contributed by atoms with Crippen LogP contribution in [-0.2, 0) is 16.0 Å². The molecule has 0 bridgehead atoms. The molecule has 2 N–H and O–H groups in total. The van der Waals surface area contributed by atoms with Crippen molar-refractivity contribution in [1.82, 2.24) is 14.7 Å². The van der Waals surface area contributed by atoms with Gasteiger partial charge >= 0.3 is 0 Å². The first-order chi connectivity index (χ1) is 12.2. The van der Waals surface area contributed by atoms with Gasteiger partial charge in [0.2, 0.25) is 11.8 Å². The lowest BCUT2D eigenvalue weighted by Crippen LogP contribution is -2.35. The van der Waals surface area contributed by atoms with Crippen LogP contribution < -0.4 is 10.6 Å². The maximum Gasteiger partial charge on any atom is 0.226 e. The minimum absolute atomic E-state index is 0.0773. The third-order valence-corrected chi connectivity index (χ3v) is 4.36. The van der Waals surface area contributed by atoms with Crippen molar-refractivity contribution in [3.05, 3.63) is 66.1 Å². The molecule has 2 amide bonds. The number of nitrogens with one attached hydrogen (secondary N) is 2. The number of imidazole rings is 1. The largest absolute Gasteiger partial charge is 0.349 e. The van der Waals surface area contributed by atoms with Gasteiger partial charge in [-0.3, -0.25) is 9.59 Å². The van der Waals surface area contributed by atoms with Crippen molar-refractivity contribution in [2.45, 2.75) is 25.3 Å². The molecule has 6 nitrogen and oxygen atoms in total. The van der Waals surface area contributed by atoms with Gasteiger partial charge in [-0.15, -0.1) is 0 Å². The lowest BCUT2D eigenvalue weighted by Gasteiger charge is -2.26. The number of pyridine rings is 1. The first kappa shape index (κ1) is 15.4. The molecular formula is C19H18N4O2. The lowest BCUT2D eigenvalue weighted by molar-refractivity contribution is -0.122. The summed E-state index contributed by atoms with van der Waals surface area (Å²) in [6, 6.07) is 13.1. The Morgan fingerprint density at radius 2 is 2.08 bits per heavy atom. The fourth-order valence-electron chi connectivity index (χ4n) is 3.16. The Morgan fingerprint density at radius 3 is 2.96 bits per heavy atom. The second-order valence-corrected chi connectivity index (χ2v) is 6.16. The van der Waals surface area contributed by atoms with Crippen LogP contribution in [0.3, 0.4) is 0 Å². The summed E-state index contributed by atoms with van der Waals surface area (Å²) in [5.74, 6) is -0.157. The zero-order valence-electron chi connectivity index (χ0n) is 13.6. The van der Waals surface area contributed by atoms with Gasteiger partial charge in [0.05, 0.1) is 18.2 Å². The Kier molecular flexibility index (Phi) is 3.93. The number of aryl methyl sites for hydroxylation is 1. The van der Waals surface area contributed by atoms with E-state index in [1.54, 1.807) is 0 Å². The molecule has 3 heterocycles. The van der Waals surface area contributed by atoms with Gasteiger partial charge in [-0.2, -0.15) is 0 Å². The zero-order valence-corrected chi connectivity index (χ0v) is 13.6. The molecule has 1 atom stereocenters. The first-order valence-electron chi connectivity index (χ1n) is 8.30. The molecule has 0 saturated carbocycles. The van der Waals surface area contributed by atoms with Gasteiger partial charge in [0.15, 0.2) is 0 Å². The highest BCUT2D eigenvalue weighted by Crippen LogP contribution is 2.29. The van der Waals surface area contributed by atoms with E-state index in [-0.39, 0.29) is 24.3 Å². The third-order valence-electron chi connectivity index (χ3n) is 4.36. The fourth-order valence-corrected chi connectivity index (χ4v) is 3.16. The normalized spacial score (nSPS) is 16.3. The van der Waals surface area contributed by atoms with E-state index in [4.69, 9.17) is 0 Å². The zero-order chi connectivity index (χ0) is 17.2. The van der Waals surface area contributed by atoms with Crippen molar-refractivity contribution < 1.29 is 9.59 Å². The van der Waals surface area contributed by atoms with Crippen molar-refractivity contribution in [2.75, 3.05) is 5.32 Å². The standard InChI is InChI=1S/C19H18N4O2/c24-18(9-8-13-12-23-10-4-3-7-17(23)20-13)22-16-11-19(25)21-15-6-2-1-5-14(15)16/h1-7,10,12,16H,8-9,11H2,(H,21,25)(H,22,24)/t16-/m1/s1. The predicted octanol–water partition coefficient (Wildman–Crippen LogP) is 2.47. The Bertz CT molecular complexity index is 914. The minimum Gasteiger partial charge on any atom is -0.349 e. The van der Waals surface area contributed by atoms with Gasteiger partial charge in [0.25, 0.3) is 0 Å². The number of benzene rings is 1. The molecule has 1 aliphatic heterocycles. The summed E-state index contributed by atoms with van der Waals surface area (Å²) in [6.45, 7) is 0. The van der Waals surface area contributed by atoms with Crippen molar-refractivity contribution in [3.63, 3.8) is 0 Å². The summed E-state index contributed by atoms with van der Waals surface area (Å²) >= 11 is 0. The van der Waals surface area contributed by atoms with Crippen molar-refractivity contribution >= 4 is 23.1 Å². The van der Waals surface area contributed by atoms with Gasteiger partial charge < -0.3 is 15.0 Å². The minimum atomic E-state index is -0.279. The van der Waals surface area contributed by atoms with Crippen LogP contribution in [0.2, 0.25) is 0 Å². The van der Waals surface area contributed by atoms with Crippen molar-refractivity contribution in [1.29, 1.82) is 0 Å². The molecule has 1 aromatic carbocycles. The number of hydrogen-bond donors (Lipinski definition) is 2. The third kappa shape index (κ3) is 3.24. The van der Waals surface area contributed by atoms with Crippen molar-refractivity contribution in [2.24, 2.45) is 0 Å². The van der Waals surface area contributed by atoms with E-state index in [9.17, 15) is 9.59 Å². The molecule has 0 radical (unpaired) electrons. The van der Waals surface area contributed by atoms with E-state index in [0.29, 0.717) is 12.8 Å². The second kappa shape index (κ2) is 6.39. The van der Waals surface area contributed by atoms with E-state index in [1.807, 2.05) is 59.3 Å². The van der Waals surface area contributed by atoms with E-state index >= 15 is 0 Å². The van der Waals surface area contributed by atoms with E-state index < -0.39 is 0 Å². The number of para-hydroxylation sites is 1. The van der Waals surface area contributed by atoms with Gasteiger partial charge in [-0.1, -0.05) is 24.3 Å². The summed E-state index contributed by atoms with van der Waals surface area (Å²) in [5.41, 5.74) is 3.46. The van der Waals surface area contributed by atoms with E-state index in [2.05, 4.69) is 15.6 Å². The molecule has 3 aromatic rings. The van der Waals surface area contributed by atoms with Gasteiger partial charge in [0.1, 0.15) is 5.65 Å². The lowest BCUT2D eigenvalue weighted by atomic mass is 9.97. The summed E-state index contributed by atoms with van der Waals surface area (Å²) in [4.78, 5) is 28.7. The number of fused-ring (bicyclic) bond motifs is 2. The van der Waals surface area contributed by atoms with Crippen LogP contribution in [0.1, 0.15) is 30.1 Å². The molecule has 0 fully saturated rings. The molecule has 0 saturated heterocycles. The molecule has 0 spiro atoms. The number of carbonyl (C=O) groups excluding carboxylic acids is 2. The van der Waals surface area contributed by atoms with Gasteiger partial charge in [0, 0.05) is 24.5 Å². The number of nitrogens with zero attached hydrogens (tertiary/aromatic N) is 2. The van der Waals surface area contributed by atoms with Crippen LogP contribution in [0.25, 0.3) is 5.65 Å². The first-order valence-corrected chi connectivity index (χ1v) is 8.30. The van der Waals surface area contributed by atoms with Crippen molar-refractivity contribution in [3.8, 4) is 0 Å². The fraction of sp³-hybridized carbons (Fsp3) is 0.211. The van der Waals surface area contributed by atoms with Crippen LogP contribution in [0, 0.1) is 0 Å². The van der Waals surface area contributed by atoms with E-state index in [0.717, 1.165) is 22.6 Å². The smallest absolute Gasteiger partial charge is 0.226 e. The number of aromatic nitrogens is 2. The molecule has 126 valence electrons. The SMILES string of the molecule is O=C1C[C@@H](NC(=O)CCc2cn3ccccc3n2)c2ccccc2N1. The van der Waals surface area contributed by atoms with Gasteiger partial charge in [-0.25, -0.2) is 4.98 Å². The van der Waals surface area contributed by atoms with Crippen LogP contribution in [0.4, 0.5) is 5.69 Å². The average Bonchev–Trinajstić information content (AvgIpc) is 3.03. The second-order valence-electron chi connectivity index (χ2n) is 6.16. The molecule has 1 aliphatic rings. The number of carbonyl (C=O) groups is 2. The predicted molar refractivity (Wildman–Crippen MR) is 94.1 cm³/mol. The van der Waals surface area contributed by atoms with Crippen LogP contribution in [-0.4, -0.2) is 21.2 Å². The molecule has 6 heteroatoms. The number of hydrogen-bond acceptors (Lipinski definition) is 3. The monoisotopic (exact) mass is 334 g/mol. The highest BCUT2D eigenvalue weighted by atomic mass is 16.2. The molecule has 0 aliphatic carbocycles. The average molecular weight is 334 g/mol. The Balaban J connectivity index is 1.41. The number of amides is 2. The molecule has 0 unspecified atom stereocenters. The summed E-state index contributed by atoms with van der Waals surface area (Å²) in [5, 5.41) is 5.81. The van der Waals surface area contributed by atoms with Crippen LogP contribution in [0.5, 0.6) is 0 Å². The number of rotatable bonds is 4. The summed E-state index contributed by atoms with van der Waals surface area (Å²) < 4.78 is 1.94. The molecule has 25 heavy (non-hydrogen) atoms.